The van der Waals surface area contributed by atoms with Gasteiger partial charge in [-0.05, 0) is 16.3 Å². The standard InChI is InChI=1S/C20H18ClN5O/c21-17-12-22-25(14-17)11-9-20(27)23-19-8-10-26(24-19)13-16-6-3-5-15-4-1-2-7-18(15)16/h1-8,10,12,14H,9,11,13H2,(H,23,24,27). The van der Waals surface area contributed by atoms with Crippen LogP contribution in [0.3, 0.4) is 0 Å². The van der Waals surface area contributed by atoms with E-state index < -0.39 is 0 Å². The van der Waals surface area contributed by atoms with Crippen molar-refractivity contribution in [3.8, 4) is 0 Å². The molecule has 0 atom stereocenters. The van der Waals surface area contributed by atoms with Crippen molar-refractivity contribution in [3.63, 3.8) is 0 Å². The lowest BCUT2D eigenvalue weighted by atomic mass is 10.0. The van der Waals surface area contributed by atoms with Crippen molar-refractivity contribution in [1.29, 1.82) is 0 Å². The van der Waals surface area contributed by atoms with Crippen molar-refractivity contribution in [2.45, 2.75) is 19.5 Å². The Morgan fingerprint density at radius 2 is 1.93 bits per heavy atom. The molecule has 136 valence electrons. The van der Waals surface area contributed by atoms with Crippen molar-refractivity contribution in [2.75, 3.05) is 5.32 Å². The molecule has 0 fully saturated rings. The average molecular weight is 380 g/mol. The number of hydrogen-bond donors (Lipinski definition) is 1. The van der Waals surface area contributed by atoms with E-state index in [0.717, 1.165) is 0 Å². The number of carbonyl (C=O) groups excluding carboxylic acids is 1. The van der Waals surface area contributed by atoms with Gasteiger partial charge < -0.3 is 5.32 Å². The van der Waals surface area contributed by atoms with Crippen molar-refractivity contribution in [2.24, 2.45) is 0 Å². The fourth-order valence-electron chi connectivity index (χ4n) is 3.00. The number of nitrogens with zero attached hydrogens (tertiary/aromatic N) is 4. The van der Waals surface area contributed by atoms with Gasteiger partial charge in [-0.2, -0.15) is 10.2 Å². The third-order valence-electron chi connectivity index (χ3n) is 4.29. The molecule has 2 aromatic carbocycles. The Morgan fingerprint density at radius 3 is 2.78 bits per heavy atom. The average Bonchev–Trinajstić information content (AvgIpc) is 3.29. The molecular formula is C20H18ClN5O. The molecule has 2 heterocycles. The second kappa shape index (κ2) is 7.63. The molecule has 0 aliphatic rings. The molecule has 1 N–H and O–H groups in total. The van der Waals surface area contributed by atoms with Gasteiger partial charge in [0, 0.05) is 31.4 Å². The maximum atomic E-state index is 12.1. The number of aromatic nitrogens is 4. The number of hydrogen-bond acceptors (Lipinski definition) is 3. The Labute approximate surface area is 161 Å². The zero-order valence-electron chi connectivity index (χ0n) is 14.5. The topological polar surface area (TPSA) is 64.7 Å². The first-order chi connectivity index (χ1) is 13.2. The molecule has 0 saturated heterocycles. The van der Waals surface area contributed by atoms with Gasteiger partial charge in [-0.3, -0.25) is 14.2 Å². The molecule has 1 amide bonds. The normalized spacial score (nSPS) is 11.0. The van der Waals surface area contributed by atoms with Crippen LogP contribution in [0.4, 0.5) is 5.82 Å². The number of benzene rings is 2. The number of halogens is 1. The molecule has 2 aromatic heterocycles. The second-order valence-corrected chi connectivity index (χ2v) is 6.69. The van der Waals surface area contributed by atoms with Crippen LogP contribution in [0.2, 0.25) is 5.02 Å². The molecular weight excluding hydrogens is 362 g/mol. The van der Waals surface area contributed by atoms with Crippen LogP contribution < -0.4 is 5.32 Å². The second-order valence-electron chi connectivity index (χ2n) is 6.26. The van der Waals surface area contributed by atoms with E-state index in [1.807, 2.05) is 29.1 Å². The van der Waals surface area contributed by atoms with E-state index in [0.29, 0.717) is 30.4 Å². The van der Waals surface area contributed by atoms with Gasteiger partial charge in [0.15, 0.2) is 5.82 Å². The van der Waals surface area contributed by atoms with E-state index in [1.165, 1.54) is 16.3 Å². The zero-order valence-corrected chi connectivity index (χ0v) is 15.3. The molecule has 27 heavy (non-hydrogen) atoms. The van der Waals surface area contributed by atoms with Crippen molar-refractivity contribution in [3.05, 3.63) is 77.7 Å². The summed E-state index contributed by atoms with van der Waals surface area (Å²) in [5.41, 5.74) is 1.18. The summed E-state index contributed by atoms with van der Waals surface area (Å²) in [7, 11) is 0. The number of nitrogens with one attached hydrogen (secondary N) is 1. The van der Waals surface area contributed by atoms with Gasteiger partial charge in [-0.1, -0.05) is 54.1 Å². The van der Waals surface area contributed by atoms with Crippen LogP contribution in [0.5, 0.6) is 0 Å². The summed E-state index contributed by atoms with van der Waals surface area (Å²) in [5, 5.41) is 14.3. The smallest absolute Gasteiger partial charge is 0.227 e. The monoisotopic (exact) mass is 379 g/mol. The Kier molecular flexibility index (Phi) is 4.89. The van der Waals surface area contributed by atoms with Gasteiger partial charge in [0.25, 0.3) is 0 Å². The quantitative estimate of drug-likeness (QED) is 0.551. The van der Waals surface area contributed by atoms with Crippen LogP contribution in [0.1, 0.15) is 12.0 Å². The maximum Gasteiger partial charge on any atom is 0.227 e. The summed E-state index contributed by atoms with van der Waals surface area (Å²) in [6.45, 7) is 1.11. The van der Waals surface area contributed by atoms with Gasteiger partial charge in [0.1, 0.15) is 0 Å². The number of rotatable bonds is 6. The number of anilines is 1. The first-order valence-corrected chi connectivity index (χ1v) is 9.03. The third-order valence-corrected chi connectivity index (χ3v) is 4.49. The van der Waals surface area contributed by atoms with Gasteiger partial charge in [0.2, 0.25) is 5.91 Å². The molecule has 0 aliphatic carbocycles. The third kappa shape index (κ3) is 4.17. The molecule has 0 spiro atoms. The number of amides is 1. The maximum absolute atomic E-state index is 12.1. The van der Waals surface area contributed by atoms with E-state index >= 15 is 0 Å². The lowest BCUT2D eigenvalue weighted by Gasteiger charge is -2.07. The van der Waals surface area contributed by atoms with E-state index in [4.69, 9.17) is 11.6 Å². The number of aryl methyl sites for hydroxylation is 1. The van der Waals surface area contributed by atoms with Crippen LogP contribution in [0.25, 0.3) is 10.8 Å². The largest absolute Gasteiger partial charge is 0.309 e. The predicted molar refractivity (Wildman–Crippen MR) is 106 cm³/mol. The van der Waals surface area contributed by atoms with Crippen molar-refractivity contribution >= 4 is 34.1 Å². The molecule has 6 nitrogen and oxygen atoms in total. The highest BCUT2D eigenvalue weighted by Crippen LogP contribution is 2.19. The SMILES string of the molecule is O=C(CCn1cc(Cl)cn1)Nc1ccn(Cc2cccc3ccccc23)n1. The Hall–Kier alpha value is -3.12. The summed E-state index contributed by atoms with van der Waals surface area (Å²) >= 11 is 5.81. The minimum Gasteiger partial charge on any atom is -0.309 e. The summed E-state index contributed by atoms with van der Waals surface area (Å²) in [6, 6.07) is 16.3. The summed E-state index contributed by atoms with van der Waals surface area (Å²) in [5.74, 6) is 0.427. The lowest BCUT2D eigenvalue weighted by molar-refractivity contribution is -0.116. The molecule has 0 aliphatic heterocycles. The van der Waals surface area contributed by atoms with Crippen LogP contribution in [-0.4, -0.2) is 25.5 Å². The molecule has 0 radical (unpaired) electrons. The highest BCUT2D eigenvalue weighted by atomic mass is 35.5. The highest BCUT2D eigenvalue weighted by Gasteiger charge is 2.07. The van der Waals surface area contributed by atoms with Gasteiger partial charge in [-0.25, -0.2) is 0 Å². The summed E-state index contributed by atoms with van der Waals surface area (Å²) in [4.78, 5) is 12.1. The fraction of sp³-hybridized carbons (Fsp3) is 0.150. The van der Waals surface area contributed by atoms with Crippen molar-refractivity contribution in [1.82, 2.24) is 19.6 Å². The van der Waals surface area contributed by atoms with E-state index in [2.05, 4.69) is 39.8 Å². The van der Waals surface area contributed by atoms with Crippen molar-refractivity contribution < 1.29 is 4.79 Å². The predicted octanol–water partition coefficient (Wildman–Crippen LogP) is 3.96. The molecule has 0 saturated carbocycles. The fourth-order valence-corrected chi connectivity index (χ4v) is 3.16. The summed E-state index contributed by atoms with van der Waals surface area (Å²) in [6.07, 6.45) is 5.40. The molecule has 4 aromatic rings. The first-order valence-electron chi connectivity index (χ1n) is 8.65. The lowest BCUT2D eigenvalue weighted by Crippen LogP contribution is -2.15. The van der Waals surface area contributed by atoms with Gasteiger partial charge in [0.05, 0.1) is 17.8 Å². The number of carbonyl (C=O) groups is 1. The minimum atomic E-state index is -0.114. The van der Waals surface area contributed by atoms with E-state index in [-0.39, 0.29) is 5.91 Å². The Balaban J connectivity index is 1.38. The van der Waals surface area contributed by atoms with E-state index in [1.54, 1.807) is 23.1 Å². The van der Waals surface area contributed by atoms with Crippen LogP contribution in [0, 0.1) is 0 Å². The molecule has 0 bridgehead atoms. The first kappa shape index (κ1) is 17.3. The van der Waals surface area contributed by atoms with Crippen LogP contribution in [0.15, 0.2) is 67.1 Å². The van der Waals surface area contributed by atoms with Gasteiger partial charge in [-0.15, -0.1) is 0 Å². The minimum absolute atomic E-state index is 0.114. The molecule has 0 unspecified atom stereocenters. The molecule has 7 heteroatoms. The number of fused-ring (bicyclic) bond motifs is 1. The van der Waals surface area contributed by atoms with Crippen LogP contribution >= 0.6 is 11.6 Å². The van der Waals surface area contributed by atoms with Crippen LogP contribution in [-0.2, 0) is 17.9 Å². The van der Waals surface area contributed by atoms with Gasteiger partial charge >= 0.3 is 0 Å². The molecule has 4 rings (SSSR count). The highest BCUT2D eigenvalue weighted by molar-refractivity contribution is 6.30. The zero-order chi connectivity index (χ0) is 18.6. The van der Waals surface area contributed by atoms with E-state index in [9.17, 15) is 4.79 Å². The summed E-state index contributed by atoms with van der Waals surface area (Å²) < 4.78 is 3.46. The Bertz CT molecular complexity index is 1080. The Morgan fingerprint density at radius 1 is 1.07 bits per heavy atom.